The Morgan fingerprint density at radius 3 is 2.31 bits per heavy atom. The lowest BCUT2D eigenvalue weighted by atomic mass is 10.1. The topological polar surface area (TPSA) is 66.5 Å². The van der Waals surface area contributed by atoms with Gasteiger partial charge in [0.25, 0.3) is 11.8 Å². The molecule has 130 valence electrons. The molecule has 1 aliphatic heterocycles. The number of nitrogens with one attached hydrogen (secondary N) is 1. The normalized spacial score (nSPS) is 15.4. The summed E-state index contributed by atoms with van der Waals surface area (Å²) >= 11 is 6.20. The summed E-state index contributed by atoms with van der Waals surface area (Å²) in [6.07, 6.45) is 2.35. The molecular formula is C18H11FN2O3S2. The highest BCUT2D eigenvalue weighted by Crippen LogP contribution is 2.31. The Balaban J connectivity index is 1.75. The van der Waals surface area contributed by atoms with E-state index < -0.39 is 17.6 Å². The van der Waals surface area contributed by atoms with Crippen molar-refractivity contribution in [2.45, 2.75) is 0 Å². The van der Waals surface area contributed by atoms with Gasteiger partial charge in [0.2, 0.25) is 0 Å². The second-order valence-electron chi connectivity index (χ2n) is 5.25. The predicted molar refractivity (Wildman–Crippen MR) is 101 cm³/mol. The van der Waals surface area contributed by atoms with Gasteiger partial charge in [0.05, 0.1) is 4.91 Å². The van der Waals surface area contributed by atoms with E-state index in [4.69, 9.17) is 12.2 Å². The molecule has 0 atom stereocenters. The van der Waals surface area contributed by atoms with Gasteiger partial charge in [-0.05, 0) is 48.1 Å². The number of amides is 2. The Kier molecular flexibility index (Phi) is 5.24. The standard InChI is InChI=1S/C18H11FN2O3S2/c19-14-7-5-13(6-8-14)16(23)20-21-17(24)15(26-18(21)25)9-11-1-3-12(10-22)4-2-11/h1-10H,(H,20,23)/b15-9-. The molecule has 0 saturated carbocycles. The molecule has 1 N–H and O–H groups in total. The summed E-state index contributed by atoms with van der Waals surface area (Å²) < 4.78 is 13.1. The highest BCUT2D eigenvalue weighted by atomic mass is 32.2. The van der Waals surface area contributed by atoms with E-state index in [0.29, 0.717) is 10.5 Å². The number of hydrazine groups is 1. The second kappa shape index (κ2) is 7.59. The first-order valence-corrected chi connectivity index (χ1v) is 8.60. The third-order valence-corrected chi connectivity index (χ3v) is 4.79. The molecule has 1 fully saturated rings. The first-order valence-electron chi connectivity index (χ1n) is 7.37. The summed E-state index contributed by atoms with van der Waals surface area (Å²) in [5.41, 5.74) is 3.88. The van der Waals surface area contributed by atoms with E-state index in [1.54, 1.807) is 30.3 Å². The molecule has 1 aliphatic rings. The van der Waals surface area contributed by atoms with Crippen LogP contribution in [0.1, 0.15) is 26.3 Å². The average molecular weight is 386 g/mol. The Hall–Kier alpha value is -2.84. The van der Waals surface area contributed by atoms with Crippen molar-refractivity contribution in [2.75, 3.05) is 0 Å². The number of hydrogen-bond acceptors (Lipinski definition) is 5. The number of carbonyl (C=O) groups excluding carboxylic acids is 3. The molecule has 1 heterocycles. The van der Waals surface area contributed by atoms with E-state index in [1.165, 1.54) is 12.1 Å². The van der Waals surface area contributed by atoms with Crippen LogP contribution in [-0.2, 0) is 4.79 Å². The monoisotopic (exact) mass is 386 g/mol. The van der Waals surface area contributed by atoms with Crippen molar-refractivity contribution in [1.29, 1.82) is 0 Å². The van der Waals surface area contributed by atoms with Gasteiger partial charge in [-0.3, -0.25) is 19.8 Å². The second-order valence-corrected chi connectivity index (χ2v) is 6.93. The van der Waals surface area contributed by atoms with Crippen molar-refractivity contribution >= 4 is 52.5 Å². The van der Waals surface area contributed by atoms with Gasteiger partial charge in [0.1, 0.15) is 12.1 Å². The number of benzene rings is 2. The molecule has 0 aromatic heterocycles. The zero-order chi connectivity index (χ0) is 18.7. The minimum Gasteiger partial charge on any atom is -0.298 e. The number of carbonyl (C=O) groups is 3. The van der Waals surface area contributed by atoms with E-state index in [1.807, 2.05) is 0 Å². The molecule has 0 aliphatic carbocycles. The van der Waals surface area contributed by atoms with Crippen molar-refractivity contribution in [3.8, 4) is 0 Å². The molecule has 2 aromatic rings. The number of rotatable bonds is 4. The maximum Gasteiger partial charge on any atom is 0.285 e. The molecule has 1 saturated heterocycles. The van der Waals surface area contributed by atoms with Crippen molar-refractivity contribution in [3.63, 3.8) is 0 Å². The lowest BCUT2D eigenvalue weighted by Crippen LogP contribution is -2.44. The predicted octanol–water partition coefficient (Wildman–Crippen LogP) is 3.18. The lowest BCUT2D eigenvalue weighted by molar-refractivity contribution is -0.123. The summed E-state index contributed by atoms with van der Waals surface area (Å²) in [5, 5.41) is 0.983. The molecule has 0 bridgehead atoms. The van der Waals surface area contributed by atoms with Gasteiger partial charge < -0.3 is 0 Å². The molecule has 8 heteroatoms. The largest absolute Gasteiger partial charge is 0.298 e. The maximum atomic E-state index is 12.9. The van der Waals surface area contributed by atoms with Crippen LogP contribution in [-0.4, -0.2) is 27.4 Å². The number of thiocarbonyl (C=S) groups is 1. The molecule has 5 nitrogen and oxygen atoms in total. The first-order chi connectivity index (χ1) is 12.5. The van der Waals surface area contributed by atoms with Crippen molar-refractivity contribution < 1.29 is 18.8 Å². The van der Waals surface area contributed by atoms with Gasteiger partial charge in [0.15, 0.2) is 4.32 Å². The molecule has 26 heavy (non-hydrogen) atoms. The van der Waals surface area contributed by atoms with E-state index in [-0.39, 0.29) is 9.88 Å². The van der Waals surface area contributed by atoms with Crippen LogP contribution in [0.25, 0.3) is 6.08 Å². The fourth-order valence-electron chi connectivity index (χ4n) is 2.15. The van der Waals surface area contributed by atoms with Gasteiger partial charge in [-0.25, -0.2) is 4.39 Å². The summed E-state index contributed by atoms with van der Waals surface area (Å²) in [6, 6.07) is 11.6. The molecule has 0 spiro atoms. The van der Waals surface area contributed by atoms with Crippen molar-refractivity contribution in [2.24, 2.45) is 0 Å². The minimum atomic E-state index is -0.571. The van der Waals surface area contributed by atoms with E-state index in [0.717, 1.165) is 40.8 Å². The summed E-state index contributed by atoms with van der Waals surface area (Å²) in [4.78, 5) is 35.7. The van der Waals surface area contributed by atoms with Crippen LogP contribution in [0.2, 0.25) is 0 Å². The molecule has 3 rings (SSSR count). The Labute approximate surface area is 157 Å². The van der Waals surface area contributed by atoms with Crippen molar-refractivity contribution in [1.82, 2.24) is 10.4 Å². The van der Waals surface area contributed by atoms with Gasteiger partial charge in [-0.2, -0.15) is 5.01 Å². The Morgan fingerprint density at radius 1 is 1.08 bits per heavy atom. The number of halogens is 1. The van der Waals surface area contributed by atoms with Crippen LogP contribution in [0.15, 0.2) is 53.4 Å². The molecule has 2 aromatic carbocycles. The molecule has 0 radical (unpaired) electrons. The smallest absolute Gasteiger partial charge is 0.285 e. The Bertz CT molecular complexity index is 924. The summed E-state index contributed by atoms with van der Waals surface area (Å²) in [5.74, 6) is -1.50. The van der Waals surface area contributed by atoms with Gasteiger partial charge in [-0.15, -0.1) is 0 Å². The first kappa shape index (κ1) is 18.0. The zero-order valence-electron chi connectivity index (χ0n) is 13.1. The zero-order valence-corrected chi connectivity index (χ0v) is 14.8. The summed E-state index contributed by atoms with van der Waals surface area (Å²) in [7, 11) is 0. The van der Waals surface area contributed by atoms with Crippen molar-refractivity contribution in [3.05, 3.63) is 75.9 Å². The fourth-order valence-corrected chi connectivity index (χ4v) is 3.33. The quantitative estimate of drug-likeness (QED) is 0.497. The van der Waals surface area contributed by atoms with Crippen LogP contribution in [0.5, 0.6) is 0 Å². The fraction of sp³-hybridized carbons (Fsp3) is 0. The highest BCUT2D eigenvalue weighted by molar-refractivity contribution is 8.26. The van der Waals surface area contributed by atoms with E-state index in [2.05, 4.69) is 5.43 Å². The third kappa shape index (κ3) is 3.87. The number of hydrogen-bond donors (Lipinski definition) is 1. The third-order valence-electron chi connectivity index (χ3n) is 3.48. The highest BCUT2D eigenvalue weighted by Gasteiger charge is 2.33. The average Bonchev–Trinajstić information content (AvgIpc) is 2.90. The van der Waals surface area contributed by atoms with Crippen LogP contribution >= 0.6 is 24.0 Å². The molecule has 2 amide bonds. The maximum absolute atomic E-state index is 12.9. The lowest BCUT2D eigenvalue weighted by Gasteiger charge is -2.15. The SMILES string of the molecule is O=Cc1ccc(/C=C2\SC(=S)N(NC(=O)c3ccc(F)cc3)C2=O)cc1. The van der Waals surface area contributed by atoms with E-state index in [9.17, 15) is 18.8 Å². The summed E-state index contributed by atoms with van der Waals surface area (Å²) in [6.45, 7) is 0. The van der Waals surface area contributed by atoms with Crippen LogP contribution in [0.4, 0.5) is 4.39 Å². The van der Waals surface area contributed by atoms with Gasteiger partial charge >= 0.3 is 0 Å². The van der Waals surface area contributed by atoms with E-state index >= 15 is 0 Å². The molecular weight excluding hydrogens is 375 g/mol. The van der Waals surface area contributed by atoms with Gasteiger partial charge in [0, 0.05) is 11.1 Å². The number of thioether (sulfide) groups is 1. The minimum absolute atomic E-state index is 0.182. The number of aldehydes is 1. The molecule has 0 unspecified atom stereocenters. The number of nitrogens with zero attached hydrogens (tertiary/aromatic N) is 1. The Morgan fingerprint density at radius 2 is 1.69 bits per heavy atom. The van der Waals surface area contributed by atoms with Crippen LogP contribution in [0.3, 0.4) is 0 Å². The van der Waals surface area contributed by atoms with Crippen LogP contribution < -0.4 is 5.43 Å². The van der Waals surface area contributed by atoms with Crippen LogP contribution in [0, 0.1) is 5.82 Å². The van der Waals surface area contributed by atoms with Gasteiger partial charge in [-0.1, -0.05) is 36.0 Å².